The number of nitrogens with two attached hydrogens (primary N) is 2. The molecule has 2 aromatic heterocycles. The number of carbonyl (C=O) groups is 1. The number of anilines is 2. The van der Waals surface area contributed by atoms with Gasteiger partial charge in [-0.2, -0.15) is 0 Å². The highest BCUT2D eigenvalue weighted by Crippen LogP contribution is 2.41. The third kappa shape index (κ3) is 3.22. The van der Waals surface area contributed by atoms with E-state index in [1.54, 1.807) is 12.1 Å². The molecule has 4 rings (SSSR count). The largest absolute Gasteiger partial charge is 0.477 e. The van der Waals surface area contributed by atoms with Crippen LogP contribution in [0.1, 0.15) is 22.5 Å². The molecule has 0 radical (unpaired) electrons. The molecule has 0 saturated carbocycles. The summed E-state index contributed by atoms with van der Waals surface area (Å²) in [5.74, 6) is -0.656. The Labute approximate surface area is 159 Å². The van der Waals surface area contributed by atoms with Crippen molar-refractivity contribution in [2.45, 2.75) is 18.9 Å². The molecule has 6 nitrogen and oxygen atoms in total. The van der Waals surface area contributed by atoms with Crippen LogP contribution < -0.4 is 16.4 Å². The van der Waals surface area contributed by atoms with E-state index in [4.69, 9.17) is 11.5 Å². The predicted octanol–water partition coefficient (Wildman–Crippen LogP) is 3.31. The number of pyridine rings is 1. The normalized spacial score (nSPS) is 15.4. The van der Waals surface area contributed by atoms with Crippen LogP contribution in [-0.4, -0.2) is 35.2 Å². The topological polar surface area (TPSA) is 105 Å². The fourth-order valence-electron chi connectivity index (χ4n) is 3.41. The molecule has 1 saturated heterocycles. The van der Waals surface area contributed by atoms with Crippen molar-refractivity contribution in [1.82, 2.24) is 4.98 Å². The van der Waals surface area contributed by atoms with E-state index in [2.05, 4.69) is 9.88 Å². The van der Waals surface area contributed by atoms with Gasteiger partial charge in [0.1, 0.15) is 21.3 Å². The first-order chi connectivity index (χ1) is 12.9. The van der Waals surface area contributed by atoms with Gasteiger partial charge in [-0.05, 0) is 42.2 Å². The number of fused-ring (bicyclic) bond motifs is 1. The van der Waals surface area contributed by atoms with E-state index in [0.717, 1.165) is 54.2 Å². The summed E-state index contributed by atoms with van der Waals surface area (Å²) in [4.78, 5) is 19.0. The Morgan fingerprint density at radius 1 is 1.26 bits per heavy atom. The third-order valence-corrected chi connectivity index (χ3v) is 5.99. The van der Waals surface area contributed by atoms with Crippen molar-refractivity contribution in [2.75, 3.05) is 23.7 Å². The van der Waals surface area contributed by atoms with Crippen LogP contribution in [-0.2, 0) is 0 Å². The number of aromatic nitrogens is 1. The lowest BCUT2D eigenvalue weighted by Gasteiger charge is -2.31. The molecule has 1 aliphatic rings. The number of nitrogens with zero attached hydrogens (tertiary/aromatic N) is 2. The van der Waals surface area contributed by atoms with Crippen LogP contribution >= 0.6 is 11.3 Å². The fraction of sp³-hybridized carbons (Fsp3) is 0.263. The first-order valence-electron chi connectivity index (χ1n) is 8.67. The number of hydrogen-bond acceptors (Lipinski definition) is 6. The molecule has 27 heavy (non-hydrogen) atoms. The van der Waals surface area contributed by atoms with Crippen LogP contribution in [0.2, 0.25) is 0 Å². The van der Waals surface area contributed by atoms with E-state index < -0.39 is 5.97 Å². The van der Waals surface area contributed by atoms with Gasteiger partial charge in [-0.25, -0.2) is 14.2 Å². The molecule has 0 aliphatic carbocycles. The second-order valence-electron chi connectivity index (χ2n) is 6.69. The van der Waals surface area contributed by atoms with E-state index in [1.807, 2.05) is 6.07 Å². The van der Waals surface area contributed by atoms with Gasteiger partial charge >= 0.3 is 5.97 Å². The maximum atomic E-state index is 13.4. The first-order valence-corrected chi connectivity index (χ1v) is 9.48. The van der Waals surface area contributed by atoms with Crippen LogP contribution in [0, 0.1) is 5.82 Å². The summed E-state index contributed by atoms with van der Waals surface area (Å²) in [7, 11) is 0. The van der Waals surface area contributed by atoms with Crippen LogP contribution in [0.5, 0.6) is 0 Å². The standard InChI is InChI=1S/C19H19FN4O2S/c20-11-3-1-10(2-4-11)13-9-14(24-7-5-12(21)6-8-24)23-18-15(13)16(22)17(27-18)19(25)26/h1-4,9,12H,5-8,21-22H2,(H,25,26). The SMILES string of the molecule is Nc1c(C(=O)O)sc2nc(N3CCC(N)CC3)cc(-c3ccc(F)cc3)c12. The lowest BCUT2D eigenvalue weighted by Crippen LogP contribution is -2.40. The van der Waals surface area contributed by atoms with E-state index in [9.17, 15) is 14.3 Å². The number of hydrogen-bond donors (Lipinski definition) is 3. The number of carboxylic acids is 1. The van der Waals surface area contributed by atoms with Crippen LogP contribution in [0.15, 0.2) is 30.3 Å². The second-order valence-corrected chi connectivity index (χ2v) is 7.69. The summed E-state index contributed by atoms with van der Waals surface area (Å²) in [6.07, 6.45) is 1.75. The highest BCUT2D eigenvalue weighted by Gasteiger charge is 2.23. The quantitative estimate of drug-likeness (QED) is 0.638. The predicted molar refractivity (Wildman–Crippen MR) is 106 cm³/mol. The van der Waals surface area contributed by atoms with Crippen molar-refractivity contribution in [3.05, 3.63) is 41.0 Å². The summed E-state index contributed by atoms with van der Waals surface area (Å²) >= 11 is 1.06. The van der Waals surface area contributed by atoms with Gasteiger partial charge < -0.3 is 21.5 Å². The molecule has 3 heterocycles. The Morgan fingerprint density at radius 2 is 1.93 bits per heavy atom. The molecule has 140 valence electrons. The smallest absolute Gasteiger partial charge is 0.348 e. The maximum absolute atomic E-state index is 13.4. The second kappa shape index (κ2) is 6.79. The highest BCUT2D eigenvalue weighted by atomic mass is 32.1. The third-order valence-electron chi connectivity index (χ3n) is 4.90. The van der Waals surface area contributed by atoms with Gasteiger partial charge in [-0.3, -0.25) is 0 Å². The van der Waals surface area contributed by atoms with Gasteiger partial charge in [0.2, 0.25) is 0 Å². The molecule has 3 aromatic rings. The number of carboxylic acid groups (broad SMARTS) is 1. The lowest BCUT2D eigenvalue weighted by molar-refractivity contribution is 0.0703. The van der Waals surface area contributed by atoms with Crippen molar-refractivity contribution in [3.8, 4) is 11.1 Å². The molecule has 5 N–H and O–H groups in total. The van der Waals surface area contributed by atoms with Gasteiger partial charge in [0.25, 0.3) is 0 Å². The number of piperidine rings is 1. The van der Waals surface area contributed by atoms with Crippen molar-refractivity contribution in [2.24, 2.45) is 5.73 Å². The molecule has 1 fully saturated rings. The highest BCUT2D eigenvalue weighted by molar-refractivity contribution is 7.21. The van der Waals surface area contributed by atoms with Gasteiger partial charge in [-0.15, -0.1) is 11.3 Å². The molecule has 0 atom stereocenters. The summed E-state index contributed by atoms with van der Waals surface area (Å²) in [6.45, 7) is 1.57. The number of rotatable bonds is 3. The Balaban J connectivity index is 1.91. The van der Waals surface area contributed by atoms with Crippen molar-refractivity contribution in [1.29, 1.82) is 0 Å². The molecule has 1 aromatic carbocycles. The molecular weight excluding hydrogens is 367 g/mol. The Kier molecular flexibility index (Phi) is 4.45. The average Bonchev–Trinajstić information content (AvgIpc) is 2.99. The Hall–Kier alpha value is -2.71. The Bertz CT molecular complexity index is 1010. The summed E-state index contributed by atoms with van der Waals surface area (Å²) in [5.41, 5.74) is 13.9. The van der Waals surface area contributed by atoms with E-state index in [-0.39, 0.29) is 22.4 Å². The number of aromatic carboxylic acids is 1. The molecule has 8 heteroatoms. The van der Waals surface area contributed by atoms with Crippen LogP contribution in [0.25, 0.3) is 21.3 Å². The van der Waals surface area contributed by atoms with Gasteiger partial charge in [0.05, 0.1) is 5.69 Å². The zero-order valence-electron chi connectivity index (χ0n) is 14.5. The lowest BCUT2D eigenvalue weighted by atomic mass is 10.0. The van der Waals surface area contributed by atoms with Crippen molar-refractivity contribution in [3.63, 3.8) is 0 Å². The monoisotopic (exact) mass is 386 g/mol. The van der Waals surface area contributed by atoms with E-state index in [0.29, 0.717) is 10.2 Å². The Morgan fingerprint density at radius 3 is 2.56 bits per heavy atom. The van der Waals surface area contributed by atoms with Crippen molar-refractivity contribution < 1.29 is 14.3 Å². The maximum Gasteiger partial charge on any atom is 0.348 e. The first kappa shape index (κ1) is 17.7. The zero-order valence-corrected chi connectivity index (χ0v) is 15.3. The fourth-order valence-corrected chi connectivity index (χ4v) is 4.37. The van der Waals surface area contributed by atoms with Crippen LogP contribution in [0.3, 0.4) is 0 Å². The van der Waals surface area contributed by atoms with Gasteiger partial charge in [0, 0.05) is 24.5 Å². The van der Waals surface area contributed by atoms with Crippen LogP contribution in [0.4, 0.5) is 15.9 Å². The minimum atomic E-state index is -1.08. The van der Waals surface area contributed by atoms with Gasteiger partial charge in [-0.1, -0.05) is 12.1 Å². The number of halogens is 1. The number of thiophene rings is 1. The molecule has 0 unspecified atom stereocenters. The zero-order chi connectivity index (χ0) is 19.1. The molecular formula is C19H19FN4O2S. The molecule has 0 bridgehead atoms. The number of nitrogen functional groups attached to an aromatic ring is 1. The molecule has 0 amide bonds. The molecule has 0 spiro atoms. The molecule has 1 aliphatic heterocycles. The summed E-state index contributed by atoms with van der Waals surface area (Å²) in [6, 6.07) is 8.18. The summed E-state index contributed by atoms with van der Waals surface area (Å²) < 4.78 is 13.4. The van der Waals surface area contributed by atoms with Crippen molar-refractivity contribution >= 4 is 39.0 Å². The van der Waals surface area contributed by atoms with E-state index >= 15 is 0 Å². The minimum absolute atomic E-state index is 0.0682. The van der Waals surface area contributed by atoms with Gasteiger partial charge in [0.15, 0.2) is 0 Å². The summed E-state index contributed by atoms with van der Waals surface area (Å²) in [5, 5.41) is 10.0. The average molecular weight is 386 g/mol. The number of benzene rings is 1. The minimum Gasteiger partial charge on any atom is -0.477 e. The van der Waals surface area contributed by atoms with E-state index in [1.165, 1.54) is 12.1 Å².